The maximum Gasteiger partial charge on any atom is 0.417 e. The molecular weight excluding hydrogens is 633 g/mol. The van der Waals surface area contributed by atoms with E-state index in [4.69, 9.17) is 9.47 Å². The number of benzene rings is 4. The Hall–Kier alpha value is -5.96. The van der Waals surface area contributed by atoms with E-state index < -0.39 is 41.0 Å². The molecule has 1 heterocycles. The van der Waals surface area contributed by atoms with E-state index in [-0.39, 0.29) is 46.4 Å². The van der Waals surface area contributed by atoms with Crippen molar-refractivity contribution in [1.29, 1.82) is 5.26 Å². The summed E-state index contributed by atoms with van der Waals surface area (Å²) in [6, 6.07) is 24.2. The molecule has 0 atom stereocenters. The average Bonchev–Trinajstić information content (AvgIpc) is 3.05. The van der Waals surface area contributed by atoms with Crippen molar-refractivity contribution in [3.8, 4) is 34.6 Å². The van der Waals surface area contributed by atoms with Crippen LogP contribution in [0.1, 0.15) is 32.6 Å². The van der Waals surface area contributed by atoms with Gasteiger partial charge >= 0.3 is 6.18 Å². The van der Waals surface area contributed by atoms with Crippen molar-refractivity contribution in [2.24, 2.45) is 0 Å². The number of aromatic nitrogens is 1. The minimum absolute atomic E-state index is 0.111. The van der Waals surface area contributed by atoms with Gasteiger partial charge in [-0.1, -0.05) is 36.4 Å². The van der Waals surface area contributed by atoms with Crippen LogP contribution >= 0.6 is 0 Å². The number of pyridine rings is 1. The second-order valence-electron chi connectivity index (χ2n) is 10.8. The average molecular weight is 660 g/mol. The topological polar surface area (TPSA) is 84.6 Å². The van der Waals surface area contributed by atoms with Crippen LogP contribution in [0.25, 0.3) is 11.3 Å². The summed E-state index contributed by atoms with van der Waals surface area (Å²) in [7, 11) is 3.19. The highest BCUT2D eigenvalue weighted by Gasteiger charge is 2.36. The van der Waals surface area contributed by atoms with E-state index in [2.05, 4.69) is 0 Å². The maximum atomic E-state index is 14.5. The zero-order chi connectivity index (χ0) is 34.6. The van der Waals surface area contributed by atoms with Gasteiger partial charge < -0.3 is 18.9 Å². The lowest BCUT2D eigenvalue weighted by Crippen LogP contribution is -2.29. The van der Waals surface area contributed by atoms with Crippen molar-refractivity contribution < 1.29 is 36.2 Å². The molecule has 244 valence electrons. The fourth-order valence-corrected chi connectivity index (χ4v) is 4.86. The van der Waals surface area contributed by atoms with Crippen LogP contribution in [0.15, 0.2) is 102 Å². The zero-order valence-corrected chi connectivity index (χ0v) is 25.5. The Bertz CT molecular complexity index is 2070. The van der Waals surface area contributed by atoms with E-state index in [9.17, 15) is 36.8 Å². The molecule has 5 aromatic rings. The van der Waals surface area contributed by atoms with Crippen molar-refractivity contribution in [2.45, 2.75) is 19.3 Å². The van der Waals surface area contributed by atoms with Gasteiger partial charge in [-0.15, -0.1) is 0 Å². The summed E-state index contributed by atoms with van der Waals surface area (Å²) in [6.45, 7) is -0.355. The Labute approximate surface area is 271 Å². The SMILES string of the molecule is CN(C)C(=O)c1cc(OCc2ccccc2)cc(Oc2ccc(-c3cc(C(F)(F)F)c(C#N)c(=O)n3Cc3ccc(F)cc3F)cc2)c1. The minimum Gasteiger partial charge on any atom is -0.489 e. The number of hydrogen-bond acceptors (Lipinski definition) is 5. The molecular formula is C36H26F5N3O4. The van der Waals surface area contributed by atoms with Crippen LogP contribution in [0, 0.1) is 23.0 Å². The molecule has 0 fully saturated rings. The zero-order valence-electron chi connectivity index (χ0n) is 25.5. The lowest BCUT2D eigenvalue weighted by atomic mass is 10.0. The van der Waals surface area contributed by atoms with Crippen LogP contribution in [0.4, 0.5) is 22.0 Å². The molecule has 0 bridgehead atoms. The summed E-state index contributed by atoms with van der Waals surface area (Å²) in [5.74, 6) is -1.39. The van der Waals surface area contributed by atoms with E-state index in [1.54, 1.807) is 26.2 Å². The quantitative estimate of drug-likeness (QED) is 0.151. The number of carbonyl (C=O) groups excluding carboxylic acids is 1. The summed E-state index contributed by atoms with van der Waals surface area (Å²) in [6.07, 6.45) is -5.04. The number of alkyl halides is 3. The van der Waals surface area contributed by atoms with Gasteiger partial charge in [0.05, 0.1) is 17.8 Å². The van der Waals surface area contributed by atoms with Crippen molar-refractivity contribution in [3.63, 3.8) is 0 Å². The number of hydrogen-bond donors (Lipinski definition) is 0. The molecule has 0 aliphatic carbocycles. The molecule has 12 heteroatoms. The summed E-state index contributed by atoms with van der Waals surface area (Å²) in [5, 5.41) is 9.44. The predicted octanol–water partition coefficient (Wildman–Crippen LogP) is 7.81. The first-order valence-corrected chi connectivity index (χ1v) is 14.3. The monoisotopic (exact) mass is 659 g/mol. The molecule has 0 saturated heterocycles. The van der Waals surface area contributed by atoms with Crippen LogP contribution in [0.3, 0.4) is 0 Å². The smallest absolute Gasteiger partial charge is 0.417 e. The fraction of sp³-hybridized carbons (Fsp3) is 0.139. The highest BCUT2D eigenvalue weighted by molar-refractivity contribution is 5.94. The van der Waals surface area contributed by atoms with E-state index in [0.29, 0.717) is 17.9 Å². The van der Waals surface area contributed by atoms with Gasteiger partial charge in [0.25, 0.3) is 11.5 Å². The van der Waals surface area contributed by atoms with E-state index in [1.807, 2.05) is 30.3 Å². The Morgan fingerprint density at radius 2 is 1.56 bits per heavy atom. The molecule has 0 N–H and O–H groups in total. The summed E-state index contributed by atoms with van der Waals surface area (Å²) >= 11 is 0. The van der Waals surface area contributed by atoms with Crippen LogP contribution in [0.5, 0.6) is 17.2 Å². The minimum atomic E-state index is -5.04. The highest BCUT2D eigenvalue weighted by atomic mass is 19.4. The van der Waals surface area contributed by atoms with Crippen LogP contribution < -0.4 is 15.0 Å². The van der Waals surface area contributed by atoms with Gasteiger partial charge in [0, 0.05) is 37.4 Å². The lowest BCUT2D eigenvalue weighted by Gasteiger charge is -2.18. The van der Waals surface area contributed by atoms with Gasteiger partial charge in [-0.05, 0) is 59.7 Å². The van der Waals surface area contributed by atoms with Crippen molar-refractivity contribution in [1.82, 2.24) is 9.47 Å². The van der Waals surface area contributed by atoms with Crippen molar-refractivity contribution in [2.75, 3.05) is 14.1 Å². The fourth-order valence-electron chi connectivity index (χ4n) is 4.86. The number of carbonyl (C=O) groups is 1. The number of halogens is 5. The Morgan fingerprint density at radius 3 is 2.19 bits per heavy atom. The molecule has 1 amide bonds. The van der Waals surface area contributed by atoms with Gasteiger partial charge in [0.2, 0.25) is 0 Å². The largest absolute Gasteiger partial charge is 0.489 e. The Balaban J connectivity index is 1.51. The van der Waals surface area contributed by atoms with Gasteiger partial charge in [0.15, 0.2) is 0 Å². The number of nitriles is 1. The second-order valence-corrected chi connectivity index (χ2v) is 10.8. The summed E-state index contributed by atoms with van der Waals surface area (Å²) in [5.41, 5.74) is -3.06. The van der Waals surface area contributed by atoms with E-state index >= 15 is 0 Å². The first-order chi connectivity index (χ1) is 22.8. The number of ether oxygens (including phenoxy) is 2. The molecule has 0 spiro atoms. The molecule has 7 nitrogen and oxygen atoms in total. The molecule has 4 aromatic carbocycles. The first kappa shape index (κ1) is 33.4. The van der Waals surface area contributed by atoms with Gasteiger partial charge in [-0.25, -0.2) is 8.78 Å². The Kier molecular flexibility index (Phi) is 9.61. The van der Waals surface area contributed by atoms with Crippen molar-refractivity contribution in [3.05, 3.63) is 147 Å². The molecule has 0 radical (unpaired) electrons. The third kappa shape index (κ3) is 7.53. The van der Waals surface area contributed by atoms with Crippen LogP contribution in [0.2, 0.25) is 0 Å². The second kappa shape index (κ2) is 13.8. The van der Waals surface area contributed by atoms with Crippen LogP contribution in [-0.2, 0) is 19.3 Å². The summed E-state index contributed by atoms with van der Waals surface area (Å²) in [4.78, 5) is 27.4. The number of amides is 1. The van der Waals surface area contributed by atoms with Gasteiger partial charge in [-0.3, -0.25) is 9.59 Å². The standard InChI is InChI=1S/C36H26F5N3O4/c1-43(2)34(45)25-14-28(47-21-22-6-4-3-5-7-22)17-29(15-25)48-27-12-9-23(10-13-27)33-18-31(36(39,40)41)30(19-42)35(46)44(33)20-24-8-11-26(37)16-32(24)38/h3-18H,20-21H2,1-2H3. The van der Waals surface area contributed by atoms with Gasteiger partial charge in [-0.2, -0.15) is 18.4 Å². The lowest BCUT2D eigenvalue weighted by molar-refractivity contribution is -0.137. The molecule has 0 saturated carbocycles. The molecule has 5 rings (SSSR count). The highest BCUT2D eigenvalue weighted by Crippen LogP contribution is 2.35. The summed E-state index contributed by atoms with van der Waals surface area (Å²) < 4.78 is 82.7. The molecule has 0 aliphatic rings. The third-order valence-corrected chi connectivity index (χ3v) is 7.23. The molecule has 1 aromatic heterocycles. The first-order valence-electron chi connectivity index (χ1n) is 14.3. The molecule has 48 heavy (non-hydrogen) atoms. The number of rotatable bonds is 9. The number of nitrogens with zero attached hydrogens (tertiary/aromatic N) is 3. The van der Waals surface area contributed by atoms with Crippen LogP contribution in [-0.4, -0.2) is 29.5 Å². The van der Waals surface area contributed by atoms with Crippen molar-refractivity contribution >= 4 is 5.91 Å². The third-order valence-electron chi connectivity index (χ3n) is 7.23. The molecule has 0 unspecified atom stereocenters. The van der Waals surface area contributed by atoms with Gasteiger partial charge in [0.1, 0.15) is 47.1 Å². The predicted molar refractivity (Wildman–Crippen MR) is 167 cm³/mol. The Morgan fingerprint density at radius 1 is 0.875 bits per heavy atom. The normalized spacial score (nSPS) is 11.1. The van der Waals surface area contributed by atoms with E-state index in [1.165, 1.54) is 41.3 Å². The van der Waals surface area contributed by atoms with E-state index in [0.717, 1.165) is 22.3 Å². The molecule has 0 aliphatic heterocycles. The maximum absolute atomic E-state index is 14.5.